The summed E-state index contributed by atoms with van der Waals surface area (Å²) in [5.74, 6) is 2.40. The lowest BCUT2D eigenvalue weighted by Crippen LogP contribution is -2.11. The second kappa shape index (κ2) is 7.16. The number of halogens is 2. The molecule has 1 N–H and O–H groups in total. The zero-order valence-corrected chi connectivity index (χ0v) is 13.8. The van der Waals surface area contributed by atoms with Crippen LogP contribution in [0.3, 0.4) is 0 Å². The van der Waals surface area contributed by atoms with E-state index in [0.717, 1.165) is 34.6 Å². The number of rotatable bonds is 6. The number of hydrogen-bond donors (Lipinski definition) is 1. The average Bonchev–Trinajstić information content (AvgIpc) is 2.76. The largest absolute Gasteiger partial charge is 0.484 e. The third-order valence-electron chi connectivity index (χ3n) is 2.87. The monoisotopic (exact) mass is 357 g/mol. The molecule has 0 aliphatic carbocycles. The van der Waals surface area contributed by atoms with Gasteiger partial charge in [0.25, 0.3) is 0 Å². The highest BCUT2D eigenvalue weighted by Crippen LogP contribution is 2.28. The van der Waals surface area contributed by atoms with Gasteiger partial charge in [-0.3, -0.25) is 0 Å². The maximum absolute atomic E-state index is 6.11. The van der Waals surface area contributed by atoms with Gasteiger partial charge in [0.05, 0.1) is 11.6 Å². The second-order valence-corrected chi connectivity index (χ2v) is 5.79. The van der Waals surface area contributed by atoms with Gasteiger partial charge in [0.2, 0.25) is 0 Å². The highest BCUT2D eigenvalue weighted by atomic mass is 79.9. The minimum Gasteiger partial charge on any atom is -0.484 e. The lowest BCUT2D eigenvalue weighted by Gasteiger charge is -2.06. The molecule has 3 nitrogen and oxygen atoms in total. The predicted molar refractivity (Wildman–Crippen MR) is 84.3 cm³/mol. The lowest BCUT2D eigenvalue weighted by molar-refractivity contribution is 0.265. The second-order valence-electron chi connectivity index (χ2n) is 4.46. The van der Waals surface area contributed by atoms with Gasteiger partial charge in [-0.2, -0.15) is 0 Å². The van der Waals surface area contributed by atoms with Gasteiger partial charge in [0, 0.05) is 4.47 Å². The predicted octanol–water partition coefficient (Wildman–Crippen LogP) is 4.69. The molecule has 1 heterocycles. The Hall–Kier alpha value is -0.970. The van der Waals surface area contributed by atoms with E-state index in [2.05, 4.69) is 28.2 Å². The van der Waals surface area contributed by atoms with Gasteiger partial charge in [0.15, 0.2) is 0 Å². The molecule has 0 spiro atoms. The molecular formula is C15H17BrClNO2. The van der Waals surface area contributed by atoms with Gasteiger partial charge in [-0.1, -0.05) is 34.5 Å². The van der Waals surface area contributed by atoms with Crippen molar-refractivity contribution in [2.24, 2.45) is 0 Å². The molecule has 5 heteroatoms. The van der Waals surface area contributed by atoms with E-state index in [-0.39, 0.29) is 0 Å². The Kier molecular flexibility index (Phi) is 5.52. The van der Waals surface area contributed by atoms with Crippen LogP contribution in [0.15, 0.2) is 33.2 Å². The summed E-state index contributed by atoms with van der Waals surface area (Å²) in [4.78, 5) is 0. The van der Waals surface area contributed by atoms with Crippen molar-refractivity contribution in [2.45, 2.75) is 27.0 Å². The zero-order chi connectivity index (χ0) is 14.5. The standard InChI is InChI=1S/C15H17BrClNO2/c1-3-18-8-15-10(2)6-12(20-15)9-19-14-5-4-11(16)7-13(14)17/h4-7,18H,3,8-9H2,1-2H3. The molecule has 0 aliphatic heterocycles. The Morgan fingerprint density at radius 2 is 2.15 bits per heavy atom. The number of ether oxygens (including phenoxy) is 1. The van der Waals surface area contributed by atoms with Gasteiger partial charge in [-0.25, -0.2) is 0 Å². The van der Waals surface area contributed by atoms with Crippen LogP contribution < -0.4 is 10.1 Å². The summed E-state index contributed by atoms with van der Waals surface area (Å²) in [6.45, 7) is 6.13. The topological polar surface area (TPSA) is 34.4 Å². The number of benzene rings is 1. The molecule has 0 saturated carbocycles. The summed E-state index contributed by atoms with van der Waals surface area (Å²) in [6, 6.07) is 7.53. The van der Waals surface area contributed by atoms with Crippen LogP contribution in [0.1, 0.15) is 24.0 Å². The molecule has 108 valence electrons. The summed E-state index contributed by atoms with van der Waals surface area (Å²) >= 11 is 9.47. The van der Waals surface area contributed by atoms with E-state index in [4.69, 9.17) is 20.8 Å². The average molecular weight is 359 g/mol. The van der Waals surface area contributed by atoms with Gasteiger partial charge < -0.3 is 14.5 Å². The van der Waals surface area contributed by atoms with E-state index in [0.29, 0.717) is 17.4 Å². The molecule has 0 bridgehead atoms. The van der Waals surface area contributed by atoms with E-state index in [9.17, 15) is 0 Å². The van der Waals surface area contributed by atoms with Crippen LogP contribution >= 0.6 is 27.5 Å². The third-order valence-corrected chi connectivity index (χ3v) is 3.66. The third kappa shape index (κ3) is 4.01. The normalized spacial score (nSPS) is 10.8. The first-order chi connectivity index (χ1) is 9.60. The number of aryl methyl sites for hydroxylation is 1. The minimum atomic E-state index is 0.369. The Morgan fingerprint density at radius 3 is 2.85 bits per heavy atom. The van der Waals surface area contributed by atoms with Crippen LogP contribution in [-0.4, -0.2) is 6.54 Å². The van der Waals surface area contributed by atoms with Crippen molar-refractivity contribution in [3.05, 3.63) is 50.8 Å². The van der Waals surface area contributed by atoms with Crippen LogP contribution in [0.2, 0.25) is 5.02 Å². The molecule has 0 fully saturated rings. The Morgan fingerprint density at radius 1 is 1.35 bits per heavy atom. The molecule has 0 amide bonds. The molecule has 20 heavy (non-hydrogen) atoms. The number of nitrogens with one attached hydrogen (secondary N) is 1. The summed E-state index contributed by atoms with van der Waals surface area (Å²) in [5, 5.41) is 3.83. The van der Waals surface area contributed by atoms with E-state index >= 15 is 0 Å². The maximum atomic E-state index is 6.11. The van der Waals surface area contributed by atoms with Crippen LogP contribution in [0.4, 0.5) is 0 Å². The molecule has 0 unspecified atom stereocenters. The highest BCUT2D eigenvalue weighted by Gasteiger charge is 2.09. The van der Waals surface area contributed by atoms with E-state index in [1.165, 1.54) is 0 Å². The molecule has 1 aromatic heterocycles. The van der Waals surface area contributed by atoms with Crippen molar-refractivity contribution in [1.29, 1.82) is 0 Å². The molecule has 0 radical (unpaired) electrons. The molecule has 1 aromatic carbocycles. The van der Waals surface area contributed by atoms with Crippen molar-refractivity contribution in [3.63, 3.8) is 0 Å². The fourth-order valence-electron chi connectivity index (χ4n) is 1.82. The van der Waals surface area contributed by atoms with Gasteiger partial charge in [0.1, 0.15) is 23.9 Å². The van der Waals surface area contributed by atoms with E-state index in [1.54, 1.807) is 6.07 Å². The summed E-state index contributed by atoms with van der Waals surface area (Å²) in [5.41, 5.74) is 1.13. The van der Waals surface area contributed by atoms with E-state index < -0.39 is 0 Å². The summed E-state index contributed by atoms with van der Waals surface area (Å²) in [6.07, 6.45) is 0. The zero-order valence-electron chi connectivity index (χ0n) is 11.5. The highest BCUT2D eigenvalue weighted by molar-refractivity contribution is 9.10. The Balaban J connectivity index is 2.00. The molecule has 2 aromatic rings. The minimum absolute atomic E-state index is 0.369. The lowest BCUT2D eigenvalue weighted by atomic mass is 10.2. The van der Waals surface area contributed by atoms with Crippen molar-refractivity contribution in [3.8, 4) is 5.75 Å². The number of furan rings is 1. The first-order valence-corrected chi connectivity index (χ1v) is 7.64. The molecular weight excluding hydrogens is 342 g/mol. The first kappa shape index (κ1) is 15.4. The maximum Gasteiger partial charge on any atom is 0.146 e. The van der Waals surface area contributed by atoms with Gasteiger partial charge in [-0.05, 0) is 43.3 Å². The summed E-state index contributed by atoms with van der Waals surface area (Å²) in [7, 11) is 0. The molecule has 2 rings (SSSR count). The number of hydrogen-bond acceptors (Lipinski definition) is 3. The fraction of sp³-hybridized carbons (Fsp3) is 0.333. The van der Waals surface area contributed by atoms with Crippen molar-refractivity contribution >= 4 is 27.5 Å². The summed E-state index contributed by atoms with van der Waals surface area (Å²) < 4.78 is 12.4. The smallest absolute Gasteiger partial charge is 0.146 e. The SMILES string of the molecule is CCNCc1oc(COc2ccc(Br)cc2Cl)cc1C. The quantitative estimate of drug-likeness (QED) is 0.813. The fourth-order valence-corrected chi connectivity index (χ4v) is 2.54. The van der Waals surface area contributed by atoms with E-state index in [1.807, 2.05) is 25.1 Å². The van der Waals surface area contributed by atoms with Crippen molar-refractivity contribution in [2.75, 3.05) is 6.54 Å². The molecule has 0 aliphatic rings. The van der Waals surface area contributed by atoms with Crippen LogP contribution in [-0.2, 0) is 13.2 Å². The van der Waals surface area contributed by atoms with Gasteiger partial charge >= 0.3 is 0 Å². The van der Waals surface area contributed by atoms with Crippen molar-refractivity contribution in [1.82, 2.24) is 5.32 Å². The van der Waals surface area contributed by atoms with Gasteiger partial charge in [-0.15, -0.1) is 0 Å². The molecule has 0 saturated heterocycles. The Bertz CT molecular complexity index is 583. The Labute approximate surface area is 132 Å². The molecule has 0 atom stereocenters. The van der Waals surface area contributed by atoms with Crippen molar-refractivity contribution < 1.29 is 9.15 Å². The first-order valence-electron chi connectivity index (χ1n) is 6.47. The van der Waals surface area contributed by atoms with Crippen LogP contribution in [0.5, 0.6) is 5.75 Å². The van der Waals surface area contributed by atoms with Crippen LogP contribution in [0.25, 0.3) is 0 Å². The van der Waals surface area contributed by atoms with Crippen LogP contribution in [0, 0.1) is 6.92 Å².